The largest absolute Gasteiger partial charge is 0.355 e. The second-order valence-corrected chi connectivity index (χ2v) is 8.15. The lowest BCUT2D eigenvalue weighted by molar-refractivity contribution is -0.142. The molecule has 0 radical (unpaired) electrons. The highest BCUT2D eigenvalue weighted by Crippen LogP contribution is 2.37. The van der Waals surface area contributed by atoms with Crippen molar-refractivity contribution >= 4 is 52.1 Å². The summed E-state index contributed by atoms with van der Waals surface area (Å²) in [6.07, 6.45) is 1.39. The maximum atomic E-state index is 12.6. The number of nitrogens with one attached hydrogen (secondary N) is 1. The number of benzene rings is 1. The Balaban J connectivity index is 1.60. The van der Waals surface area contributed by atoms with Crippen molar-refractivity contribution in [1.29, 1.82) is 0 Å². The van der Waals surface area contributed by atoms with Crippen molar-refractivity contribution in [2.24, 2.45) is 5.92 Å². The molecule has 1 aromatic carbocycles. The quantitative estimate of drug-likeness (QED) is 0.438. The highest BCUT2D eigenvalue weighted by molar-refractivity contribution is 7.10. The van der Waals surface area contributed by atoms with Crippen LogP contribution in [0.4, 0.5) is 0 Å². The number of likely N-dealkylation sites (N-methyl/N-ethyl adjacent to an activating group) is 1. The van der Waals surface area contributed by atoms with Crippen molar-refractivity contribution in [2.45, 2.75) is 18.9 Å². The van der Waals surface area contributed by atoms with E-state index in [1.54, 1.807) is 19.2 Å². The van der Waals surface area contributed by atoms with Crippen LogP contribution in [0.3, 0.4) is 0 Å². The van der Waals surface area contributed by atoms with Crippen molar-refractivity contribution in [1.82, 2.24) is 10.2 Å². The maximum Gasteiger partial charge on any atom is 0.291 e. The Bertz CT molecular complexity index is 870. The number of aryl methyl sites for hydroxylation is 1. The van der Waals surface area contributed by atoms with Gasteiger partial charge in [0.1, 0.15) is 5.92 Å². The average Bonchev–Trinajstić information content (AvgIpc) is 3.24. The van der Waals surface area contributed by atoms with Crippen molar-refractivity contribution in [2.75, 3.05) is 13.6 Å². The number of thiophene rings is 1. The predicted molar refractivity (Wildman–Crippen MR) is 106 cm³/mol. The maximum absolute atomic E-state index is 12.6. The Morgan fingerprint density at radius 2 is 2.00 bits per heavy atom. The van der Waals surface area contributed by atoms with E-state index in [1.165, 1.54) is 16.2 Å². The molecule has 27 heavy (non-hydrogen) atoms. The van der Waals surface area contributed by atoms with Gasteiger partial charge in [0, 0.05) is 18.5 Å². The number of ketones is 1. The van der Waals surface area contributed by atoms with E-state index in [0.29, 0.717) is 29.4 Å². The van der Waals surface area contributed by atoms with E-state index in [2.05, 4.69) is 5.32 Å². The van der Waals surface area contributed by atoms with Gasteiger partial charge >= 0.3 is 0 Å². The summed E-state index contributed by atoms with van der Waals surface area (Å²) in [7, 11) is 1.56. The number of hydrogen-bond donors (Lipinski definition) is 1. The molecule has 2 aromatic rings. The summed E-state index contributed by atoms with van der Waals surface area (Å²) in [6.45, 7) is 0.401. The number of carbonyl (C=O) groups is 3. The van der Waals surface area contributed by atoms with Crippen molar-refractivity contribution < 1.29 is 14.4 Å². The molecule has 0 aliphatic carbocycles. The molecule has 1 aromatic heterocycles. The minimum atomic E-state index is -1.01. The Morgan fingerprint density at radius 1 is 1.22 bits per heavy atom. The van der Waals surface area contributed by atoms with E-state index in [4.69, 9.17) is 23.2 Å². The third-order valence-electron chi connectivity index (χ3n) is 4.59. The fourth-order valence-corrected chi connectivity index (χ4v) is 4.41. The zero-order valence-corrected chi connectivity index (χ0v) is 16.9. The van der Waals surface area contributed by atoms with Crippen LogP contribution in [-0.4, -0.2) is 36.1 Å². The first kappa shape index (κ1) is 19.9. The Hall–Kier alpha value is -1.89. The highest BCUT2D eigenvalue weighted by atomic mass is 35.5. The van der Waals surface area contributed by atoms with Crippen molar-refractivity contribution in [3.05, 3.63) is 56.2 Å². The van der Waals surface area contributed by atoms with E-state index in [1.807, 2.05) is 23.6 Å². The van der Waals surface area contributed by atoms with Crippen LogP contribution in [0.15, 0.2) is 35.7 Å². The number of likely N-dealkylation sites (tertiary alicyclic amines) is 1. The first-order valence-corrected chi connectivity index (χ1v) is 10.1. The molecule has 5 nitrogen and oxygen atoms in total. The first-order valence-electron chi connectivity index (χ1n) is 8.46. The lowest BCUT2D eigenvalue weighted by Gasteiger charge is -2.22. The number of rotatable bonds is 6. The van der Waals surface area contributed by atoms with Gasteiger partial charge in [-0.2, -0.15) is 0 Å². The SMILES string of the molecule is CN1C(=O)C(=O)C(C(=O)NCCCc2ccc(Cl)c(Cl)c2)C1c1cccs1. The summed E-state index contributed by atoms with van der Waals surface area (Å²) in [5.74, 6) is -2.70. The van der Waals surface area contributed by atoms with Gasteiger partial charge in [-0.15, -0.1) is 11.3 Å². The number of Topliss-reactive ketones (excluding diaryl/α,β-unsaturated/α-hetero) is 1. The average molecular weight is 425 g/mol. The summed E-state index contributed by atoms with van der Waals surface area (Å²) in [5, 5.41) is 5.65. The Labute approximate surface area is 171 Å². The number of nitrogens with zero attached hydrogens (tertiary/aromatic N) is 1. The molecule has 0 bridgehead atoms. The van der Waals surface area contributed by atoms with Gasteiger partial charge in [0.05, 0.1) is 16.1 Å². The zero-order valence-electron chi connectivity index (χ0n) is 14.6. The molecular formula is C19H18Cl2N2O3S. The number of hydrogen-bond acceptors (Lipinski definition) is 4. The van der Waals surface area contributed by atoms with Crippen LogP contribution in [0, 0.1) is 5.92 Å². The van der Waals surface area contributed by atoms with Gasteiger partial charge in [-0.05, 0) is 42.0 Å². The van der Waals surface area contributed by atoms with Crippen LogP contribution in [0.2, 0.25) is 10.0 Å². The molecule has 0 saturated carbocycles. The normalized spacial score (nSPS) is 19.6. The van der Waals surface area contributed by atoms with Gasteiger partial charge in [-0.25, -0.2) is 0 Å². The highest BCUT2D eigenvalue weighted by Gasteiger charge is 2.50. The second kappa shape index (κ2) is 8.42. The molecule has 1 fully saturated rings. The molecule has 2 atom stereocenters. The van der Waals surface area contributed by atoms with Gasteiger partial charge in [0.25, 0.3) is 5.91 Å². The lowest BCUT2D eigenvalue weighted by atomic mass is 9.96. The molecule has 142 valence electrons. The predicted octanol–water partition coefficient (Wildman–Crippen LogP) is 3.50. The van der Waals surface area contributed by atoms with Crippen LogP contribution in [-0.2, 0) is 20.8 Å². The molecule has 3 rings (SSSR count). The third-order valence-corrected chi connectivity index (χ3v) is 6.27. The van der Waals surface area contributed by atoms with Crippen LogP contribution in [0.5, 0.6) is 0 Å². The van der Waals surface area contributed by atoms with Gasteiger partial charge in [-0.1, -0.05) is 35.3 Å². The summed E-state index contributed by atoms with van der Waals surface area (Å²) in [6, 6.07) is 8.56. The fourth-order valence-electron chi connectivity index (χ4n) is 3.19. The molecule has 1 saturated heterocycles. The van der Waals surface area contributed by atoms with Gasteiger partial charge < -0.3 is 10.2 Å². The molecule has 2 heterocycles. The monoisotopic (exact) mass is 424 g/mol. The summed E-state index contributed by atoms with van der Waals surface area (Å²) in [4.78, 5) is 39.2. The van der Waals surface area contributed by atoms with Crippen molar-refractivity contribution in [3.8, 4) is 0 Å². The molecule has 1 aliphatic rings. The summed E-state index contributed by atoms with van der Waals surface area (Å²) in [5.41, 5.74) is 1.02. The summed E-state index contributed by atoms with van der Waals surface area (Å²) < 4.78 is 0. The molecule has 0 spiro atoms. The molecule has 1 N–H and O–H groups in total. The van der Waals surface area contributed by atoms with Crippen LogP contribution >= 0.6 is 34.5 Å². The van der Waals surface area contributed by atoms with E-state index < -0.39 is 29.6 Å². The Morgan fingerprint density at radius 3 is 2.67 bits per heavy atom. The number of halogens is 2. The zero-order chi connectivity index (χ0) is 19.6. The van der Waals surface area contributed by atoms with Crippen molar-refractivity contribution in [3.63, 3.8) is 0 Å². The van der Waals surface area contributed by atoms with E-state index in [-0.39, 0.29) is 0 Å². The van der Waals surface area contributed by atoms with Gasteiger partial charge in [0.15, 0.2) is 0 Å². The fraction of sp³-hybridized carbons (Fsp3) is 0.316. The van der Waals surface area contributed by atoms with Gasteiger partial charge in [0.2, 0.25) is 11.7 Å². The number of amides is 2. The standard InChI is InChI=1S/C19H18Cl2N2O3S/c1-23-16(14-5-3-9-27-14)15(17(24)19(23)26)18(25)22-8-2-4-11-6-7-12(20)13(21)10-11/h3,5-7,9-10,15-16H,2,4,8H2,1H3,(H,22,25). The van der Waals surface area contributed by atoms with Crippen LogP contribution < -0.4 is 5.32 Å². The topological polar surface area (TPSA) is 66.5 Å². The summed E-state index contributed by atoms with van der Waals surface area (Å²) >= 11 is 13.3. The van der Waals surface area contributed by atoms with Crippen LogP contribution in [0.1, 0.15) is 22.9 Å². The lowest BCUT2D eigenvalue weighted by Crippen LogP contribution is -2.37. The second-order valence-electron chi connectivity index (χ2n) is 6.36. The molecule has 8 heteroatoms. The molecule has 2 unspecified atom stereocenters. The smallest absolute Gasteiger partial charge is 0.291 e. The number of carbonyl (C=O) groups excluding carboxylic acids is 3. The van der Waals surface area contributed by atoms with E-state index in [0.717, 1.165) is 10.4 Å². The molecular weight excluding hydrogens is 407 g/mol. The molecule has 2 amide bonds. The van der Waals surface area contributed by atoms with Gasteiger partial charge in [-0.3, -0.25) is 14.4 Å². The van der Waals surface area contributed by atoms with E-state index in [9.17, 15) is 14.4 Å². The minimum Gasteiger partial charge on any atom is -0.355 e. The van der Waals surface area contributed by atoms with E-state index >= 15 is 0 Å². The van der Waals surface area contributed by atoms with Crippen LogP contribution in [0.25, 0.3) is 0 Å². The molecule has 1 aliphatic heterocycles. The third kappa shape index (κ3) is 4.18. The minimum absolute atomic E-state index is 0.401. The first-order chi connectivity index (χ1) is 12.9. The Kier molecular flexibility index (Phi) is 6.19.